The smallest absolute Gasteiger partial charge is 0.320 e. The minimum absolute atomic E-state index is 0.667. The van der Waals surface area contributed by atoms with E-state index in [-0.39, 0.29) is 0 Å². The van der Waals surface area contributed by atoms with E-state index in [1.807, 2.05) is 91.0 Å². The van der Waals surface area contributed by atoms with Crippen molar-refractivity contribution in [3.05, 3.63) is 108 Å². The van der Waals surface area contributed by atoms with Crippen molar-refractivity contribution in [2.24, 2.45) is 5.73 Å². The van der Waals surface area contributed by atoms with Gasteiger partial charge in [0.15, 0.2) is 0 Å². The number of hydrogen-bond donors (Lipinski definition) is 2. The summed E-state index contributed by atoms with van der Waals surface area (Å²) in [4.78, 5) is 12.6. The van der Waals surface area contributed by atoms with Gasteiger partial charge in [-0.1, -0.05) is 91.0 Å². The van der Waals surface area contributed by atoms with E-state index in [2.05, 4.69) is 0 Å². The van der Waals surface area contributed by atoms with Crippen molar-refractivity contribution in [2.45, 2.75) is 11.5 Å². The average Bonchev–Trinajstić information content (AvgIpc) is 2.64. The summed E-state index contributed by atoms with van der Waals surface area (Å²) in [6, 6.07) is 27.1. The Bertz CT molecular complexity index is 762. The van der Waals surface area contributed by atoms with Crippen LogP contribution in [-0.4, -0.2) is 11.1 Å². The van der Waals surface area contributed by atoms with Gasteiger partial charge in [-0.15, -0.1) is 0 Å². The van der Waals surface area contributed by atoms with Crippen molar-refractivity contribution in [3.63, 3.8) is 0 Å². The molecule has 3 rings (SSSR count). The zero-order valence-electron chi connectivity index (χ0n) is 13.2. The number of rotatable bonds is 5. The molecule has 0 fully saturated rings. The van der Waals surface area contributed by atoms with Gasteiger partial charge < -0.3 is 10.8 Å². The van der Waals surface area contributed by atoms with Gasteiger partial charge in [-0.3, -0.25) is 4.79 Å². The van der Waals surface area contributed by atoms with Crippen molar-refractivity contribution in [1.82, 2.24) is 0 Å². The molecule has 0 saturated carbocycles. The lowest BCUT2D eigenvalue weighted by Gasteiger charge is -2.36. The number of hydrogen-bond acceptors (Lipinski definition) is 2. The minimum Gasteiger partial charge on any atom is -0.480 e. The van der Waals surface area contributed by atoms with Gasteiger partial charge in [0.2, 0.25) is 0 Å². The first-order chi connectivity index (χ1) is 11.7. The lowest BCUT2D eigenvalue weighted by Crippen LogP contribution is -2.46. The van der Waals surface area contributed by atoms with E-state index in [4.69, 9.17) is 5.73 Å². The number of aliphatic carboxylic acids is 1. The molecule has 0 radical (unpaired) electrons. The Kier molecular flexibility index (Phi) is 4.45. The van der Waals surface area contributed by atoms with Gasteiger partial charge in [0, 0.05) is 0 Å². The topological polar surface area (TPSA) is 63.3 Å². The van der Waals surface area contributed by atoms with Crippen LogP contribution in [0, 0.1) is 0 Å². The lowest BCUT2D eigenvalue weighted by atomic mass is 9.67. The molecule has 120 valence electrons. The zero-order chi connectivity index (χ0) is 17.0. The lowest BCUT2D eigenvalue weighted by molar-refractivity contribution is -0.143. The van der Waals surface area contributed by atoms with Gasteiger partial charge in [-0.05, 0) is 16.7 Å². The molecule has 0 bridgehead atoms. The van der Waals surface area contributed by atoms with E-state index in [1.165, 1.54) is 0 Å². The molecular formula is C21H19NO2. The van der Waals surface area contributed by atoms with Crippen LogP contribution < -0.4 is 5.73 Å². The Morgan fingerprint density at radius 1 is 0.750 bits per heavy atom. The highest BCUT2D eigenvalue weighted by atomic mass is 16.4. The first kappa shape index (κ1) is 16.0. The molecule has 3 aromatic rings. The molecule has 0 aliphatic heterocycles. The third-order valence-electron chi connectivity index (χ3n) is 4.42. The SMILES string of the molecule is NC(c1ccccc1)C(C(=O)O)(c1ccccc1)c1ccccc1. The maximum absolute atomic E-state index is 12.6. The maximum atomic E-state index is 12.6. The highest BCUT2D eigenvalue weighted by molar-refractivity contribution is 5.87. The zero-order valence-corrected chi connectivity index (χ0v) is 13.2. The molecule has 0 aliphatic rings. The molecule has 0 aliphatic carbocycles. The maximum Gasteiger partial charge on any atom is 0.320 e. The molecular weight excluding hydrogens is 298 g/mol. The van der Waals surface area contributed by atoms with E-state index < -0.39 is 17.4 Å². The molecule has 1 atom stereocenters. The van der Waals surface area contributed by atoms with Crippen molar-refractivity contribution in [3.8, 4) is 0 Å². The number of carbonyl (C=O) groups is 1. The molecule has 0 spiro atoms. The van der Waals surface area contributed by atoms with Gasteiger partial charge in [0.1, 0.15) is 5.41 Å². The van der Waals surface area contributed by atoms with Gasteiger partial charge in [-0.2, -0.15) is 0 Å². The molecule has 0 saturated heterocycles. The summed E-state index contributed by atoms with van der Waals surface area (Å²) >= 11 is 0. The predicted octanol–water partition coefficient (Wildman–Crippen LogP) is 3.76. The minimum atomic E-state index is -1.36. The summed E-state index contributed by atoms with van der Waals surface area (Å²) in [5, 5.41) is 10.3. The van der Waals surface area contributed by atoms with Crippen LogP contribution in [0.5, 0.6) is 0 Å². The molecule has 24 heavy (non-hydrogen) atoms. The Labute approximate surface area is 141 Å². The summed E-state index contributed by atoms with van der Waals surface area (Å²) in [6.45, 7) is 0. The van der Waals surface area contributed by atoms with Gasteiger partial charge in [0.25, 0.3) is 0 Å². The van der Waals surface area contributed by atoms with Crippen LogP contribution in [0.1, 0.15) is 22.7 Å². The molecule has 3 aromatic carbocycles. The summed E-state index contributed by atoms with van der Waals surface area (Å²) in [5.74, 6) is -0.962. The first-order valence-corrected chi connectivity index (χ1v) is 7.82. The van der Waals surface area contributed by atoms with E-state index in [1.54, 1.807) is 0 Å². The van der Waals surface area contributed by atoms with Crippen LogP contribution in [0.2, 0.25) is 0 Å². The Balaban J connectivity index is 2.29. The van der Waals surface area contributed by atoms with Crippen molar-refractivity contribution in [2.75, 3.05) is 0 Å². The number of carboxylic acid groups (broad SMARTS) is 1. The second-order valence-corrected chi connectivity index (χ2v) is 5.73. The highest BCUT2D eigenvalue weighted by Gasteiger charge is 2.48. The summed E-state index contributed by atoms with van der Waals surface area (Å²) in [5.41, 5.74) is 7.32. The fourth-order valence-electron chi connectivity index (χ4n) is 3.22. The monoisotopic (exact) mass is 317 g/mol. The van der Waals surface area contributed by atoms with Crippen LogP contribution in [-0.2, 0) is 10.2 Å². The summed E-state index contributed by atoms with van der Waals surface area (Å²) in [7, 11) is 0. The normalized spacial score (nSPS) is 12.5. The molecule has 1 unspecified atom stereocenters. The molecule has 0 aromatic heterocycles. The van der Waals surface area contributed by atoms with Gasteiger partial charge in [0.05, 0.1) is 6.04 Å². The fraction of sp³-hybridized carbons (Fsp3) is 0.0952. The Morgan fingerprint density at radius 3 is 1.50 bits per heavy atom. The van der Waals surface area contributed by atoms with Crippen LogP contribution in [0.15, 0.2) is 91.0 Å². The summed E-state index contributed by atoms with van der Waals surface area (Å²) < 4.78 is 0. The standard InChI is InChI=1S/C21H19NO2/c22-19(16-10-4-1-5-11-16)21(20(23)24,17-12-6-2-7-13-17)18-14-8-3-9-15-18/h1-15,19H,22H2,(H,23,24). The Morgan fingerprint density at radius 2 is 1.12 bits per heavy atom. The van der Waals surface area contributed by atoms with Crippen LogP contribution in [0.4, 0.5) is 0 Å². The van der Waals surface area contributed by atoms with Crippen molar-refractivity contribution >= 4 is 5.97 Å². The van der Waals surface area contributed by atoms with Gasteiger partial charge >= 0.3 is 5.97 Å². The molecule has 0 amide bonds. The Hall–Kier alpha value is -2.91. The van der Waals surface area contributed by atoms with E-state index >= 15 is 0 Å². The van der Waals surface area contributed by atoms with Crippen LogP contribution in [0.25, 0.3) is 0 Å². The molecule has 3 nitrogen and oxygen atoms in total. The number of benzene rings is 3. The fourth-order valence-corrected chi connectivity index (χ4v) is 3.22. The van der Waals surface area contributed by atoms with E-state index in [0.717, 1.165) is 5.56 Å². The van der Waals surface area contributed by atoms with Crippen molar-refractivity contribution < 1.29 is 9.90 Å². The second-order valence-electron chi connectivity index (χ2n) is 5.73. The third kappa shape index (κ3) is 2.59. The van der Waals surface area contributed by atoms with E-state index in [9.17, 15) is 9.90 Å². The second kappa shape index (κ2) is 6.69. The quantitative estimate of drug-likeness (QED) is 0.753. The number of nitrogens with two attached hydrogens (primary N) is 1. The third-order valence-corrected chi connectivity index (χ3v) is 4.42. The largest absolute Gasteiger partial charge is 0.480 e. The molecule has 3 heteroatoms. The van der Waals surface area contributed by atoms with E-state index in [0.29, 0.717) is 11.1 Å². The average molecular weight is 317 g/mol. The molecule has 0 heterocycles. The number of carboxylic acids is 1. The van der Waals surface area contributed by atoms with Crippen LogP contribution in [0.3, 0.4) is 0 Å². The van der Waals surface area contributed by atoms with Crippen molar-refractivity contribution in [1.29, 1.82) is 0 Å². The highest BCUT2D eigenvalue weighted by Crippen LogP contribution is 2.42. The molecule has 3 N–H and O–H groups in total. The van der Waals surface area contributed by atoms with Gasteiger partial charge in [-0.25, -0.2) is 0 Å². The first-order valence-electron chi connectivity index (χ1n) is 7.82. The summed E-state index contributed by atoms with van der Waals surface area (Å²) in [6.07, 6.45) is 0. The predicted molar refractivity (Wildman–Crippen MR) is 94.7 cm³/mol. The van der Waals surface area contributed by atoms with Crippen LogP contribution >= 0.6 is 0 Å².